The highest BCUT2D eigenvalue weighted by atomic mass is 79.9. The van der Waals surface area contributed by atoms with Gasteiger partial charge in [0.25, 0.3) is 0 Å². The number of hydrogen-bond donors (Lipinski definition) is 1. The highest BCUT2D eigenvalue weighted by Gasteiger charge is 2.05. The molecule has 0 aliphatic carbocycles. The maximum absolute atomic E-state index is 11.2. The number of hydrogen-bond acceptors (Lipinski definition) is 3. The van der Waals surface area contributed by atoms with Crippen molar-refractivity contribution in [2.75, 3.05) is 11.9 Å². The van der Waals surface area contributed by atoms with Crippen molar-refractivity contribution in [1.29, 1.82) is 0 Å². The van der Waals surface area contributed by atoms with Gasteiger partial charge in [0.05, 0.1) is 6.61 Å². The smallest absolute Gasteiger partial charge is 0.412 e. The molecule has 0 bridgehead atoms. The van der Waals surface area contributed by atoms with Crippen LogP contribution in [0.3, 0.4) is 0 Å². The maximum atomic E-state index is 11.2. The van der Waals surface area contributed by atoms with Crippen LogP contribution in [0.15, 0.2) is 22.8 Å². The van der Waals surface area contributed by atoms with E-state index in [1.54, 1.807) is 18.3 Å². The second-order valence-corrected chi connectivity index (χ2v) is 4.39. The van der Waals surface area contributed by atoms with E-state index in [9.17, 15) is 4.79 Å². The number of pyridine rings is 1. The molecule has 1 N–H and O–H groups in total. The Morgan fingerprint density at radius 3 is 3.00 bits per heavy atom. The molecule has 0 atom stereocenters. The molecule has 0 saturated heterocycles. The minimum absolute atomic E-state index is 0.325. The van der Waals surface area contributed by atoms with Gasteiger partial charge in [-0.05, 0) is 18.1 Å². The third-order valence-electron chi connectivity index (χ3n) is 1.50. The Hall–Kier alpha value is -1.10. The first-order chi connectivity index (χ1) is 7.08. The molecule has 82 valence electrons. The molecule has 1 aromatic heterocycles. The number of ether oxygens (including phenoxy) is 1. The number of carbonyl (C=O) groups is 1. The zero-order valence-electron chi connectivity index (χ0n) is 8.66. The van der Waals surface area contributed by atoms with Crippen molar-refractivity contribution in [3.8, 4) is 0 Å². The summed E-state index contributed by atoms with van der Waals surface area (Å²) in [6.45, 7) is 4.36. The van der Waals surface area contributed by atoms with Crippen LogP contribution in [-0.2, 0) is 4.74 Å². The third-order valence-corrected chi connectivity index (χ3v) is 1.99. The van der Waals surface area contributed by atoms with Gasteiger partial charge in [0.15, 0.2) is 0 Å². The van der Waals surface area contributed by atoms with Crippen LogP contribution in [0.25, 0.3) is 0 Å². The Bertz CT molecular complexity index is 342. The summed E-state index contributed by atoms with van der Waals surface area (Å²) in [4.78, 5) is 15.2. The fourth-order valence-corrected chi connectivity index (χ4v) is 1.19. The molecule has 5 heteroatoms. The van der Waals surface area contributed by atoms with Gasteiger partial charge in [-0.3, -0.25) is 5.32 Å². The van der Waals surface area contributed by atoms with Gasteiger partial charge in [0.2, 0.25) is 0 Å². The minimum atomic E-state index is -0.477. The van der Waals surface area contributed by atoms with Crippen LogP contribution in [0, 0.1) is 5.92 Å². The lowest BCUT2D eigenvalue weighted by molar-refractivity contribution is 0.147. The SMILES string of the molecule is CC(C)COC(=O)Nc1cc(Br)ccn1. The number of amides is 1. The summed E-state index contributed by atoms with van der Waals surface area (Å²) in [6.07, 6.45) is 1.12. The Morgan fingerprint density at radius 1 is 1.67 bits per heavy atom. The zero-order valence-corrected chi connectivity index (χ0v) is 10.2. The average molecular weight is 273 g/mol. The lowest BCUT2D eigenvalue weighted by atomic mass is 10.2. The fraction of sp³-hybridized carbons (Fsp3) is 0.400. The molecule has 0 unspecified atom stereocenters. The molecule has 0 aliphatic rings. The van der Waals surface area contributed by atoms with E-state index in [1.807, 2.05) is 13.8 Å². The van der Waals surface area contributed by atoms with Crippen LogP contribution in [0.5, 0.6) is 0 Å². The summed E-state index contributed by atoms with van der Waals surface area (Å²) in [5.41, 5.74) is 0. The molecule has 0 saturated carbocycles. The van der Waals surface area contributed by atoms with Crippen molar-refractivity contribution >= 4 is 27.8 Å². The van der Waals surface area contributed by atoms with Crippen molar-refractivity contribution in [3.05, 3.63) is 22.8 Å². The highest BCUT2D eigenvalue weighted by molar-refractivity contribution is 9.10. The predicted molar refractivity (Wildman–Crippen MR) is 61.7 cm³/mol. The Balaban J connectivity index is 2.44. The molecule has 4 nitrogen and oxygen atoms in total. The van der Waals surface area contributed by atoms with E-state index < -0.39 is 6.09 Å². The number of aromatic nitrogens is 1. The number of nitrogens with one attached hydrogen (secondary N) is 1. The maximum Gasteiger partial charge on any atom is 0.412 e. The van der Waals surface area contributed by atoms with Crippen molar-refractivity contribution in [1.82, 2.24) is 4.98 Å². The molecule has 1 aromatic rings. The molecule has 0 radical (unpaired) electrons. The Morgan fingerprint density at radius 2 is 2.40 bits per heavy atom. The number of halogens is 1. The lowest BCUT2D eigenvalue weighted by Crippen LogP contribution is -2.17. The summed E-state index contributed by atoms with van der Waals surface area (Å²) < 4.78 is 5.80. The second kappa shape index (κ2) is 5.70. The van der Waals surface area contributed by atoms with Gasteiger partial charge in [-0.1, -0.05) is 29.8 Å². The number of rotatable bonds is 3. The van der Waals surface area contributed by atoms with E-state index in [2.05, 4.69) is 26.2 Å². The van der Waals surface area contributed by atoms with Crippen LogP contribution in [-0.4, -0.2) is 17.7 Å². The van der Waals surface area contributed by atoms with Crippen LogP contribution < -0.4 is 5.32 Å². The van der Waals surface area contributed by atoms with Gasteiger partial charge < -0.3 is 4.74 Å². The minimum Gasteiger partial charge on any atom is -0.449 e. The first kappa shape index (κ1) is 12.0. The van der Waals surface area contributed by atoms with E-state index >= 15 is 0 Å². The molecule has 1 amide bonds. The molecular formula is C10H13BrN2O2. The summed E-state index contributed by atoms with van der Waals surface area (Å²) in [6, 6.07) is 3.49. The summed E-state index contributed by atoms with van der Waals surface area (Å²) >= 11 is 3.28. The largest absolute Gasteiger partial charge is 0.449 e. The van der Waals surface area contributed by atoms with E-state index in [0.717, 1.165) is 4.47 Å². The second-order valence-electron chi connectivity index (χ2n) is 3.48. The monoisotopic (exact) mass is 272 g/mol. The summed E-state index contributed by atoms with van der Waals surface area (Å²) in [7, 11) is 0. The van der Waals surface area contributed by atoms with Crippen LogP contribution in [0.4, 0.5) is 10.6 Å². The van der Waals surface area contributed by atoms with Gasteiger partial charge in [-0.2, -0.15) is 0 Å². The Labute approximate surface area is 97.2 Å². The predicted octanol–water partition coefficient (Wildman–Crippen LogP) is 3.05. The molecule has 0 aromatic carbocycles. The normalized spacial score (nSPS) is 10.1. The summed E-state index contributed by atoms with van der Waals surface area (Å²) in [5.74, 6) is 0.796. The van der Waals surface area contributed by atoms with Gasteiger partial charge in [0, 0.05) is 10.7 Å². The molecule has 0 aliphatic heterocycles. The quantitative estimate of drug-likeness (QED) is 0.920. The van der Waals surface area contributed by atoms with Gasteiger partial charge in [-0.25, -0.2) is 9.78 Å². The van der Waals surface area contributed by atoms with Crippen molar-refractivity contribution in [2.45, 2.75) is 13.8 Å². The number of nitrogens with zero attached hydrogens (tertiary/aromatic N) is 1. The number of anilines is 1. The molecule has 1 rings (SSSR count). The highest BCUT2D eigenvalue weighted by Crippen LogP contribution is 2.12. The van der Waals surface area contributed by atoms with Crippen molar-refractivity contribution < 1.29 is 9.53 Å². The van der Waals surface area contributed by atoms with Gasteiger partial charge in [0.1, 0.15) is 5.82 Å². The van der Waals surface area contributed by atoms with E-state index in [-0.39, 0.29) is 0 Å². The topological polar surface area (TPSA) is 51.2 Å². The molecule has 0 spiro atoms. The molecular weight excluding hydrogens is 260 g/mol. The lowest BCUT2D eigenvalue weighted by Gasteiger charge is -2.08. The van der Waals surface area contributed by atoms with E-state index in [1.165, 1.54) is 0 Å². The first-order valence-corrected chi connectivity index (χ1v) is 5.42. The number of carbonyl (C=O) groups excluding carboxylic acids is 1. The van der Waals surface area contributed by atoms with Gasteiger partial charge >= 0.3 is 6.09 Å². The van der Waals surface area contributed by atoms with Crippen LogP contribution >= 0.6 is 15.9 Å². The van der Waals surface area contributed by atoms with Crippen LogP contribution in [0.1, 0.15) is 13.8 Å². The van der Waals surface area contributed by atoms with E-state index in [4.69, 9.17) is 4.74 Å². The third kappa shape index (κ3) is 4.78. The average Bonchev–Trinajstić information content (AvgIpc) is 2.15. The molecule has 1 heterocycles. The summed E-state index contributed by atoms with van der Waals surface area (Å²) in [5, 5.41) is 2.54. The van der Waals surface area contributed by atoms with E-state index in [0.29, 0.717) is 18.3 Å². The molecule has 0 fully saturated rings. The zero-order chi connectivity index (χ0) is 11.3. The van der Waals surface area contributed by atoms with Crippen molar-refractivity contribution in [3.63, 3.8) is 0 Å². The van der Waals surface area contributed by atoms with Gasteiger partial charge in [-0.15, -0.1) is 0 Å². The fourth-order valence-electron chi connectivity index (χ4n) is 0.856. The van der Waals surface area contributed by atoms with Crippen molar-refractivity contribution in [2.24, 2.45) is 5.92 Å². The first-order valence-electron chi connectivity index (χ1n) is 4.63. The van der Waals surface area contributed by atoms with Crippen LogP contribution in [0.2, 0.25) is 0 Å². The Kier molecular flexibility index (Phi) is 4.55. The molecule has 15 heavy (non-hydrogen) atoms. The standard InChI is InChI=1S/C10H13BrN2O2/c1-7(2)6-15-10(14)13-9-5-8(11)3-4-12-9/h3-5,7H,6H2,1-2H3,(H,12,13,14).